The second kappa shape index (κ2) is 9.58. The molecular formula is C22H23ClN2O4. The number of benzene rings is 2. The number of nitrogens with zero attached hydrogens (tertiary/aromatic N) is 2. The Hall–Kier alpha value is -2.83. The molecule has 2 aromatic carbocycles. The molecule has 0 aliphatic carbocycles. The smallest absolute Gasteiger partial charge is 0.254 e. The number of ether oxygens (including phenoxy) is 3. The summed E-state index contributed by atoms with van der Waals surface area (Å²) in [6, 6.07) is 14.5. The molecule has 0 bridgehead atoms. The molecule has 0 saturated heterocycles. The molecule has 1 heterocycles. The molecule has 3 aromatic rings. The highest BCUT2D eigenvalue weighted by Gasteiger charge is 2.18. The number of carbonyl (C=O) groups excluding carboxylic acids is 1. The molecule has 29 heavy (non-hydrogen) atoms. The van der Waals surface area contributed by atoms with Crippen LogP contribution in [0.2, 0.25) is 5.15 Å². The van der Waals surface area contributed by atoms with E-state index in [2.05, 4.69) is 4.98 Å². The van der Waals surface area contributed by atoms with Gasteiger partial charge >= 0.3 is 0 Å². The van der Waals surface area contributed by atoms with Gasteiger partial charge in [-0.25, -0.2) is 4.98 Å². The molecule has 0 saturated carbocycles. The highest BCUT2D eigenvalue weighted by atomic mass is 35.5. The first-order chi connectivity index (χ1) is 14.0. The number of hydrogen-bond acceptors (Lipinski definition) is 5. The molecule has 0 atom stereocenters. The maximum atomic E-state index is 13.1. The molecule has 1 amide bonds. The third-order valence-corrected chi connectivity index (χ3v) is 4.93. The Kier molecular flexibility index (Phi) is 6.90. The van der Waals surface area contributed by atoms with Gasteiger partial charge in [0, 0.05) is 36.7 Å². The summed E-state index contributed by atoms with van der Waals surface area (Å²) in [6.07, 6.45) is 0. The Bertz CT molecular complexity index is 992. The molecule has 0 spiro atoms. The number of aromatic nitrogens is 1. The van der Waals surface area contributed by atoms with Crippen LogP contribution in [0.1, 0.15) is 15.9 Å². The monoisotopic (exact) mass is 414 g/mol. The molecule has 152 valence electrons. The first-order valence-electron chi connectivity index (χ1n) is 9.11. The van der Waals surface area contributed by atoms with Crippen LogP contribution in [-0.4, -0.2) is 50.3 Å². The van der Waals surface area contributed by atoms with Crippen molar-refractivity contribution in [2.45, 2.75) is 6.54 Å². The minimum atomic E-state index is -0.119. The van der Waals surface area contributed by atoms with Crippen molar-refractivity contribution in [2.24, 2.45) is 0 Å². The lowest BCUT2D eigenvalue weighted by Crippen LogP contribution is -2.33. The van der Waals surface area contributed by atoms with Crippen LogP contribution in [0.3, 0.4) is 0 Å². The molecule has 7 heteroatoms. The Morgan fingerprint density at radius 3 is 2.34 bits per heavy atom. The zero-order chi connectivity index (χ0) is 20.8. The lowest BCUT2D eigenvalue weighted by molar-refractivity contribution is 0.0680. The van der Waals surface area contributed by atoms with Gasteiger partial charge in [-0.1, -0.05) is 11.6 Å². The summed E-state index contributed by atoms with van der Waals surface area (Å²) in [5.41, 5.74) is 2.09. The van der Waals surface area contributed by atoms with E-state index in [-0.39, 0.29) is 5.91 Å². The summed E-state index contributed by atoms with van der Waals surface area (Å²) in [7, 11) is 4.81. The maximum absolute atomic E-state index is 13.1. The number of hydrogen-bond donors (Lipinski definition) is 0. The van der Waals surface area contributed by atoms with Gasteiger partial charge in [-0.05, 0) is 48.5 Å². The quantitative estimate of drug-likeness (QED) is 0.517. The van der Waals surface area contributed by atoms with Gasteiger partial charge in [0.1, 0.15) is 16.7 Å². The fourth-order valence-electron chi connectivity index (χ4n) is 2.99. The van der Waals surface area contributed by atoms with Crippen LogP contribution in [-0.2, 0) is 11.3 Å². The average molecular weight is 415 g/mol. The van der Waals surface area contributed by atoms with E-state index in [9.17, 15) is 4.79 Å². The lowest BCUT2D eigenvalue weighted by Gasteiger charge is -2.23. The first kappa shape index (κ1) is 20.9. The minimum absolute atomic E-state index is 0.119. The summed E-state index contributed by atoms with van der Waals surface area (Å²) >= 11 is 6.42. The van der Waals surface area contributed by atoms with E-state index in [0.29, 0.717) is 36.2 Å². The van der Waals surface area contributed by atoms with E-state index in [1.807, 2.05) is 24.3 Å². The highest BCUT2D eigenvalue weighted by Crippen LogP contribution is 2.26. The number of methoxy groups -OCH3 is 3. The summed E-state index contributed by atoms with van der Waals surface area (Å²) in [4.78, 5) is 19.2. The van der Waals surface area contributed by atoms with Gasteiger partial charge in [0.05, 0.1) is 26.3 Å². The van der Waals surface area contributed by atoms with Crippen molar-refractivity contribution in [3.8, 4) is 11.5 Å². The van der Waals surface area contributed by atoms with Gasteiger partial charge in [0.2, 0.25) is 0 Å². The van der Waals surface area contributed by atoms with E-state index in [0.717, 1.165) is 22.2 Å². The van der Waals surface area contributed by atoms with Gasteiger partial charge in [-0.15, -0.1) is 0 Å². The number of pyridine rings is 1. The highest BCUT2D eigenvalue weighted by molar-refractivity contribution is 6.30. The molecule has 0 aliphatic rings. The van der Waals surface area contributed by atoms with Gasteiger partial charge in [-0.2, -0.15) is 0 Å². The largest absolute Gasteiger partial charge is 0.497 e. The van der Waals surface area contributed by atoms with E-state index in [4.69, 9.17) is 25.8 Å². The first-order valence-corrected chi connectivity index (χ1v) is 9.49. The van der Waals surface area contributed by atoms with E-state index < -0.39 is 0 Å². The molecule has 0 fully saturated rings. The molecule has 1 aromatic heterocycles. The minimum Gasteiger partial charge on any atom is -0.497 e. The topological polar surface area (TPSA) is 60.9 Å². The van der Waals surface area contributed by atoms with Crippen molar-refractivity contribution in [3.05, 3.63) is 64.8 Å². The predicted octanol–water partition coefficient (Wildman–Crippen LogP) is 4.19. The fraction of sp³-hybridized carbons (Fsp3) is 0.273. The summed E-state index contributed by atoms with van der Waals surface area (Å²) in [6.45, 7) is 1.15. The van der Waals surface area contributed by atoms with Crippen LogP contribution in [0, 0.1) is 0 Å². The number of rotatable bonds is 8. The third-order valence-electron chi connectivity index (χ3n) is 4.60. The summed E-state index contributed by atoms with van der Waals surface area (Å²) < 4.78 is 15.6. The van der Waals surface area contributed by atoms with E-state index in [1.165, 1.54) is 0 Å². The van der Waals surface area contributed by atoms with Crippen molar-refractivity contribution < 1.29 is 19.0 Å². The van der Waals surface area contributed by atoms with E-state index in [1.54, 1.807) is 50.5 Å². The van der Waals surface area contributed by atoms with Crippen LogP contribution < -0.4 is 9.47 Å². The van der Waals surface area contributed by atoms with Crippen LogP contribution >= 0.6 is 11.6 Å². The Morgan fingerprint density at radius 1 is 1.00 bits per heavy atom. The number of amides is 1. The predicted molar refractivity (Wildman–Crippen MR) is 113 cm³/mol. The fourth-order valence-corrected chi connectivity index (χ4v) is 3.19. The van der Waals surface area contributed by atoms with Crippen molar-refractivity contribution in [2.75, 3.05) is 34.5 Å². The van der Waals surface area contributed by atoms with E-state index >= 15 is 0 Å². The second-order valence-corrected chi connectivity index (χ2v) is 6.80. The molecule has 3 rings (SSSR count). The zero-order valence-corrected chi connectivity index (χ0v) is 17.4. The van der Waals surface area contributed by atoms with Crippen LogP contribution in [0.4, 0.5) is 0 Å². The third kappa shape index (κ3) is 4.96. The summed E-state index contributed by atoms with van der Waals surface area (Å²) in [5, 5.41) is 1.26. The standard InChI is InChI=1S/C22H23ClN2O4/c1-27-11-10-25(22(26)15-4-6-18(28-2)7-5-15)14-17-12-16-13-19(29-3)8-9-20(16)24-21(17)23/h4-9,12-13H,10-11,14H2,1-3H3. The molecule has 0 aliphatic heterocycles. The number of halogens is 1. The molecule has 0 N–H and O–H groups in total. The SMILES string of the molecule is COCCN(Cc1cc2cc(OC)ccc2nc1Cl)C(=O)c1ccc(OC)cc1. The molecular weight excluding hydrogens is 392 g/mol. The number of carbonyl (C=O) groups is 1. The van der Waals surface area contributed by atoms with Gasteiger partial charge in [0.15, 0.2) is 0 Å². The lowest BCUT2D eigenvalue weighted by atomic mass is 10.1. The Balaban J connectivity index is 1.90. The normalized spacial score (nSPS) is 10.8. The zero-order valence-electron chi connectivity index (χ0n) is 16.6. The van der Waals surface area contributed by atoms with Crippen molar-refractivity contribution in [1.29, 1.82) is 0 Å². The van der Waals surface area contributed by atoms with Crippen LogP contribution in [0.15, 0.2) is 48.5 Å². The second-order valence-electron chi connectivity index (χ2n) is 6.44. The molecule has 0 radical (unpaired) electrons. The average Bonchev–Trinajstić information content (AvgIpc) is 2.76. The summed E-state index contributed by atoms with van der Waals surface area (Å²) in [5.74, 6) is 1.31. The maximum Gasteiger partial charge on any atom is 0.254 e. The van der Waals surface area contributed by atoms with Gasteiger partial charge < -0.3 is 19.1 Å². The van der Waals surface area contributed by atoms with Crippen molar-refractivity contribution >= 4 is 28.4 Å². The van der Waals surface area contributed by atoms with Crippen molar-refractivity contribution in [3.63, 3.8) is 0 Å². The van der Waals surface area contributed by atoms with Crippen molar-refractivity contribution in [1.82, 2.24) is 9.88 Å². The molecule has 6 nitrogen and oxygen atoms in total. The number of fused-ring (bicyclic) bond motifs is 1. The van der Waals surface area contributed by atoms with Gasteiger partial charge in [0.25, 0.3) is 5.91 Å². The van der Waals surface area contributed by atoms with Crippen LogP contribution in [0.25, 0.3) is 10.9 Å². The molecule has 0 unspecified atom stereocenters. The Morgan fingerprint density at radius 2 is 1.69 bits per heavy atom. The van der Waals surface area contributed by atoms with Crippen LogP contribution in [0.5, 0.6) is 11.5 Å². The van der Waals surface area contributed by atoms with Gasteiger partial charge in [-0.3, -0.25) is 4.79 Å². The Labute approximate surface area is 175 Å².